The van der Waals surface area contributed by atoms with Crippen LogP contribution in [0.1, 0.15) is 46.7 Å². The number of fused-ring (bicyclic) bond motifs is 3. The third kappa shape index (κ3) is 1.93. The average Bonchev–Trinajstić information content (AvgIpc) is 2.45. The van der Waals surface area contributed by atoms with Gasteiger partial charge in [-0.25, -0.2) is 4.79 Å². The molecule has 1 heterocycles. The van der Waals surface area contributed by atoms with E-state index in [0.29, 0.717) is 17.5 Å². The van der Waals surface area contributed by atoms with Crippen LogP contribution in [0.2, 0.25) is 0 Å². The first-order valence-corrected chi connectivity index (χ1v) is 6.74. The van der Waals surface area contributed by atoms with Gasteiger partial charge in [0, 0.05) is 6.04 Å². The topological polar surface area (TPSA) is 38.3 Å². The molecule has 0 amide bonds. The number of esters is 1. The second kappa shape index (κ2) is 4.73. The quantitative estimate of drug-likeness (QED) is 0.771. The van der Waals surface area contributed by atoms with Gasteiger partial charge in [-0.2, -0.15) is 0 Å². The van der Waals surface area contributed by atoms with E-state index in [2.05, 4.69) is 11.4 Å². The van der Waals surface area contributed by atoms with Crippen molar-refractivity contribution < 1.29 is 9.53 Å². The van der Waals surface area contributed by atoms with Gasteiger partial charge >= 0.3 is 5.97 Å². The fourth-order valence-corrected chi connectivity index (χ4v) is 3.37. The van der Waals surface area contributed by atoms with Crippen LogP contribution in [0.15, 0.2) is 18.2 Å². The van der Waals surface area contributed by atoms with Gasteiger partial charge in [0.15, 0.2) is 0 Å². The molecule has 1 unspecified atom stereocenters. The SMILES string of the molecule is COC(=O)c1ccc2c(c1)CC[C@@H]1NCCCC21. The van der Waals surface area contributed by atoms with Gasteiger partial charge in [-0.3, -0.25) is 0 Å². The molecule has 2 aliphatic rings. The van der Waals surface area contributed by atoms with Crippen molar-refractivity contribution >= 4 is 5.97 Å². The normalized spacial score (nSPS) is 26.1. The molecule has 2 atom stereocenters. The van der Waals surface area contributed by atoms with Crippen LogP contribution in [0.3, 0.4) is 0 Å². The fourth-order valence-electron chi connectivity index (χ4n) is 3.37. The molecule has 1 N–H and O–H groups in total. The van der Waals surface area contributed by atoms with Gasteiger partial charge in [0.2, 0.25) is 0 Å². The summed E-state index contributed by atoms with van der Waals surface area (Å²) in [5.41, 5.74) is 3.45. The standard InChI is InChI=1S/C15H19NO2/c1-18-15(17)11-4-6-12-10(9-11)5-7-14-13(12)3-2-8-16-14/h4,6,9,13-14,16H,2-3,5,7-8H2,1H3/t13?,14-/m0/s1. The third-order valence-corrected chi connectivity index (χ3v) is 4.27. The Kier molecular flexibility index (Phi) is 3.08. The van der Waals surface area contributed by atoms with Crippen molar-refractivity contribution in [2.24, 2.45) is 0 Å². The largest absolute Gasteiger partial charge is 0.465 e. The first-order chi connectivity index (χ1) is 8.79. The van der Waals surface area contributed by atoms with E-state index < -0.39 is 0 Å². The van der Waals surface area contributed by atoms with E-state index in [9.17, 15) is 4.79 Å². The molecule has 1 aliphatic carbocycles. The highest BCUT2D eigenvalue weighted by molar-refractivity contribution is 5.89. The summed E-state index contributed by atoms with van der Waals surface area (Å²) >= 11 is 0. The summed E-state index contributed by atoms with van der Waals surface area (Å²) in [5.74, 6) is 0.399. The van der Waals surface area contributed by atoms with Crippen LogP contribution < -0.4 is 5.32 Å². The third-order valence-electron chi connectivity index (χ3n) is 4.27. The van der Waals surface area contributed by atoms with E-state index in [0.717, 1.165) is 13.0 Å². The molecule has 1 aromatic carbocycles. The number of nitrogens with one attached hydrogen (secondary N) is 1. The van der Waals surface area contributed by atoms with Crippen molar-refractivity contribution in [1.29, 1.82) is 0 Å². The predicted octanol–water partition coefficient (Wildman–Crippen LogP) is 2.25. The molecular formula is C15H19NO2. The Balaban J connectivity index is 1.93. The molecular weight excluding hydrogens is 226 g/mol. The summed E-state index contributed by atoms with van der Waals surface area (Å²) in [4.78, 5) is 11.5. The van der Waals surface area contributed by atoms with Crippen molar-refractivity contribution in [3.05, 3.63) is 34.9 Å². The monoisotopic (exact) mass is 245 g/mol. The van der Waals surface area contributed by atoms with Gasteiger partial charge in [0.05, 0.1) is 12.7 Å². The van der Waals surface area contributed by atoms with Crippen LogP contribution in [0, 0.1) is 0 Å². The first-order valence-electron chi connectivity index (χ1n) is 6.74. The van der Waals surface area contributed by atoms with Crippen molar-refractivity contribution in [3.63, 3.8) is 0 Å². The summed E-state index contributed by atoms with van der Waals surface area (Å²) in [6, 6.07) is 6.69. The number of hydrogen-bond acceptors (Lipinski definition) is 3. The minimum absolute atomic E-state index is 0.235. The number of hydrogen-bond donors (Lipinski definition) is 1. The van der Waals surface area contributed by atoms with Gasteiger partial charge in [-0.1, -0.05) is 6.07 Å². The zero-order chi connectivity index (χ0) is 12.5. The lowest BCUT2D eigenvalue weighted by molar-refractivity contribution is 0.0600. The Hall–Kier alpha value is -1.35. The van der Waals surface area contributed by atoms with Crippen LogP contribution >= 0.6 is 0 Å². The Morgan fingerprint density at radius 2 is 2.28 bits per heavy atom. The Bertz CT molecular complexity index is 470. The van der Waals surface area contributed by atoms with E-state index in [1.807, 2.05) is 12.1 Å². The van der Waals surface area contributed by atoms with E-state index in [1.54, 1.807) is 0 Å². The highest BCUT2D eigenvalue weighted by Crippen LogP contribution is 2.37. The molecule has 0 radical (unpaired) electrons. The van der Waals surface area contributed by atoms with Crippen LogP contribution in [-0.2, 0) is 11.2 Å². The van der Waals surface area contributed by atoms with Gasteiger partial charge in [0.25, 0.3) is 0 Å². The lowest BCUT2D eigenvalue weighted by atomic mass is 9.75. The number of methoxy groups -OCH3 is 1. The molecule has 1 aliphatic heterocycles. The number of benzene rings is 1. The van der Waals surface area contributed by atoms with Crippen LogP contribution in [0.5, 0.6) is 0 Å². The summed E-state index contributed by atoms with van der Waals surface area (Å²) < 4.78 is 4.78. The molecule has 1 saturated heterocycles. The number of piperidine rings is 1. The minimum atomic E-state index is -0.235. The highest BCUT2D eigenvalue weighted by atomic mass is 16.5. The van der Waals surface area contributed by atoms with Gasteiger partial charge in [-0.15, -0.1) is 0 Å². The lowest BCUT2D eigenvalue weighted by Crippen LogP contribution is -2.42. The predicted molar refractivity (Wildman–Crippen MR) is 69.9 cm³/mol. The van der Waals surface area contributed by atoms with Crippen molar-refractivity contribution in [2.75, 3.05) is 13.7 Å². The number of rotatable bonds is 1. The van der Waals surface area contributed by atoms with E-state index >= 15 is 0 Å². The molecule has 0 aromatic heterocycles. The number of ether oxygens (including phenoxy) is 1. The molecule has 96 valence electrons. The molecule has 1 fully saturated rings. The molecule has 1 aromatic rings. The number of carbonyl (C=O) groups excluding carboxylic acids is 1. The molecule has 18 heavy (non-hydrogen) atoms. The zero-order valence-electron chi connectivity index (χ0n) is 10.7. The number of aryl methyl sites for hydroxylation is 1. The Morgan fingerprint density at radius 3 is 3.11 bits per heavy atom. The fraction of sp³-hybridized carbons (Fsp3) is 0.533. The lowest BCUT2D eigenvalue weighted by Gasteiger charge is -2.38. The summed E-state index contributed by atoms with van der Waals surface area (Å²) in [5, 5.41) is 3.62. The summed E-state index contributed by atoms with van der Waals surface area (Å²) in [7, 11) is 1.43. The van der Waals surface area contributed by atoms with Crippen molar-refractivity contribution in [3.8, 4) is 0 Å². The first kappa shape index (κ1) is 11.7. The van der Waals surface area contributed by atoms with Gasteiger partial charge < -0.3 is 10.1 Å². The second-order valence-electron chi connectivity index (χ2n) is 5.25. The Morgan fingerprint density at radius 1 is 1.39 bits per heavy atom. The molecule has 0 saturated carbocycles. The van der Waals surface area contributed by atoms with Crippen molar-refractivity contribution in [2.45, 2.75) is 37.6 Å². The van der Waals surface area contributed by atoms with Crippen LogP contribution in [0.4, 0.5) is 0 Å². The van der Waals surface area contributed by atoms with E-state index in [1.165, 1.54) is 37.5 Å². The van der Waals surface area contributed by atoms with Gasteiger partial charge in [-0.05, 0) is 61.4 Å². The van der Waals surface area contributed by atoms with Crippen LogP contribution in [-0.4, -0.2) is 25.7 Å². The molecule has 0 spiro atoms. The maximum absolute atomic E-state index is 11.5. The molecule has 3 nitrogen and oxygen atoms in total. The molecule has 3 heteroatoms. The van der Waals surface area contributed by atoms with Crippen molar-refractivity contribution in [1.82, 2.24) is 5.32 Å². The minimum Gasteiger partial charge on any atom is -0.465 e. The second-order valence-corrected chi connectivity index (χ2v) is 5.25. The van der Waals surface area contributed by atoms with Crippen LogP contribution in [0.25, 0.3) is 0 Å². The zero-order valence-corrected chi connectivity index (χ0v) is 10.7. The maximum Gasteiger partial charge on any atom is 0.337 e. The average molecular weight is 245 g/mol. The highest BCUT2D eigenvalue weighted by Gasteiger charge is 2.31. The number of carbonyl (C=O) groups is 1. The molecule has 0 bridgehead atoms. The molecule has 3 rings (SSSR count). The maximum atomic E-state index is 11.5. The summed E-state index contributed by atoms with van der Waals surface area (Å²) in [6.45, 7) is 1.15. The summed E-state index contributed by atoms with van der Waals surface area (Å²) in [6.07, 6.45) is 4.76. The van der Waals surface area contributed by atoms with Gasteiger partial charge in [0.1, 0.15) is 0 Å². The van der Waals surface area contributed by atoms with E-state index in [4.69, 9.17) is 4.74 Å². The van der Waals surface area contributed by atoms with E-state index in [-0.39, 0.29) is 5.97 Å². The smallest absolute Gasteiger partial charge is 0.337 e. The Labute approximate surface area is 108 Å².